The van der Waals surface area contributed by atoms with Gasteiger partial charge in [0.2, 0.25) is 0 Å². The lowest BCUT2D eigenvalue weighted by molar-refractivity contribution is -0.133. The molecular weight excluding hydrogens is 280 g/mol. The van der Waals surface area contributed by atoms with Crippen LogP contribution < -0.4 is 10.5 Å². The Hall–Kier alpha value is -1.76. The number of carbonyl (C=O) groups is 1. The molecule has 1 aliphatic heterocycles. The third kappa shape index (κ3) is 4.12. The fraction of sp³-hybridized carbons (Fsp3) is 0.462. The number of hydrogen-bond donors (Lipinski definition) is 1. The van der Waals surface area contributed by atoms with Crippen LogP contribution in [-0.2, 0) is 14.6 Å². The number of hydrogen-bond acceptors (Lipinski definition) is 5. The highest BCUT2D eigenvalue weighted by Gasteiger charge is 2.22. The Bertz CT molecular complexity index is 586. The molecule has 110 valence electrons. The number of benzene rings is 1. The van der Waals surface area contributed by atoms with Crippen molar-refractivity contribution in [1.82, 2.24) is 4.90 Å². The SMILES string of the molecule is Nc1cccc(OCC(=O)N2CCCS(=O)(=O)CC2)c1. The van der Waals surface area contributed by atoms with Crippen molar-refractivity contribution in [2.45, 2.75) is 6.42 Å². The summed E-state index contributed by atoms with van der Waals surface area (Å²) in [4.78, 5) is 13.5. The first-order valence-electron chi connectivity index (χ1n) is 6.43. The number of amides is 1. The van der Waals surface area contributed by atoms with Crippen molar-refractivity contribution >= 4 is 21.4 Å². The van der Waals surface area contributed by atoms with Crippen molar-refractivity contribution in [1.29, 1.82) is 0 Å². The highest BCUT2D eigenvalue weighted by atomic mass is 32.2. The van der Waals surface area contributed by atoms with Gasteiger partial charge in [-0.05, 0) is 18.6 Å². The van der Waals surface area contributed by atoms with Crippen molar-refractivity contribution in [3.8, 4) is 5.75 Å². The lowest BCUT2D eigenvalue weighted by Gasteiger charge is -2.19. The zero-order chi connectivity index (χ0) is 14.6. The summed E-state index contributed by atoms with van der Waals surface area (Å²) in [5, 5.41) is 0. The Morgan fingerprint density at radius 2 is 2.10 bits per heavy atom. The van der Waals surface area contributed by atoms with Gasteiger partial charge in [-0.3, -0.25) is 4.79 Å². The van der Waals surface area contributed by atoms with E-state index in [4.69, 9.17) is 10.5 Å². The predicted molar refractivity (Wildman–Crippen MR) is 76.2 cm³/mol. The molecule has 1 fully saturated rings. The maximum Gasteiger partial charge on any atom is 0.260 e. The highest BCUT2D eigenvalue weighted by Crippen LogP contribution is 2.14. The molecule has 1 heterocycles. The van der Waals surface area contributed by atoms with E-state index in [2.05, 4.69) is 0 Å². The highest BCUT2D eigenvalue weighted by molar-refractivity contribution is 7.91. The third-order valence-corrected chi connectivity index (χ3v) is 4.84. The standard InChI is InChI=1S/C13H18N2O4S/c14-11-3-1-4-12(9-11)19-10-13(16)15-5-2-7-20(17,18)8-6-15/h1,3-4,9H,2,5-8,10,14H2. The van der Waals surface area contributed by atoms with Gasteiger partial charge in [0.15, 0.2) is 16.4 Å². The number of nitrogens with two attached hydrogens (primary N) is 1. The summed E-state index contributed by atoms with van der Waals surface area (Å²) >= 11 is 0. The normalized spacial score (nSPS) is 18.3. The second-order valence-electron chi connectivity index (χ2n) is 4.75. The van der Waals surface area contributed by atoms with Gasteiger partial charge in [0.05, 0.1) is 11.5 Å². The van der Waals surface area contributed by atoms with Crippen molar-refractivity contribution in [3.05, 3.63) is 24.3 Å². The molecule has 0 aliphatic carbocycles. The average Bonchev–Trinajstić information content (AvgIpc) is 2.57. The molecule has 1 amide bonds. The van der Waals surface area contributed by atoms with Gasteiger partial charge in [-0.25, -0.2) is 8.42 Å². The van der Waals surface area contributed by atoms with Crippen molar-refractivity contribution in [3.63, 3.8) is 0 Å². The van der Waals surface area contributed by atoms with E-state index < -0.39 is 9.84 Å². The van der Waals surface area contributed by atoms with Gasteiger partial charge in [-0.15, -0.1) is 0 Å². The molecule has 1 saturated heterocycles. The number of carbonyl (C=O) groups excluding carboxylic acids is 1. The average molecular weight is 298 g/mol. The van der Waals surface area contributed by atoms with Gasteiger partial charge < -0.3 is 15.4 Å². The number of nitrogens with zero attached hydrogens (tertiary/aromatic N) is 1. The van der Waals surface area contributed by atoms with Gasteiger partial charge >= 0.3 is 0 Å². The first kappa shape index (κ1) is 14.6. The van der Waals surface area contributed by atoms with E-state index in [1.165, 1.54) is 4.90 Å². The smallest absolute Gasteiger partial charge is 0.260 e. The van der Waals surface area contributed by atoms with Gasteiger partial charge in [-0.1, -0.05) is 6.07 Å². The third-order valence-electron chi connectivity index (χ3n) is 3.13. The molecule has 2 rings (SSSR count). The van der Waals surface area contributed by atoms with E-state index >= 15 is 0 Å². The number of nitrogen functional groups attached to an aromatic ring is 1. The minimum absolute atomic E-state index is 0.0248. The lowest BCUT2D eigenvalue weighted by atomic mass is 10.3. The van der Waals surface area contributed by atoms with Gasteiger partial charge in [0, 0.05) is 24.8 Å². The lowest BCUT2D eigenvalue weighted by Crippen LogP contribution is -2.37. The van der Waals surface area contributed by atoms with Crippen molar-refractivity contribution in [2.75, 3.05) is 36.9 Å². The molecule has 1 aliphatic rings. The Morgan fingerprint density at radius 1 is 1.30 bits per heavy atom. The molecule has 20 heavy (non-hydrogen) atoms. The van der Waals surface area contributed by atoms with E-state index in [9.17, 15) is 13.2 Å². The largest absolute Gasteiger partial charge is 0.484 e. The summed E-state index contributed by atoms with van der Waals surface area (Å²) in [5.74, 6) is 0.495. The van der Waals surface area contributed by atoms with Crippen LogP contribution >= 0.6 is 0 Å². The van der Waals surface area contributed by atoms with Crippen molar-refractivity contribution in [2.24, 2.45) is 0 Å². The minimum Gasteiger partial charge on any atom is -0.484 e. The molecule has 0 saturated carbocycles. The van der Waals surface area contributed by atoms with E-state index in [1.54, 1.807) is 24.3 Å². The molecular formula is C13H18N2O4S. The Morgan fingerprint density at radius 3 is 2.85 bits per heavy atom. The van der Waals surface area contributed by atoms with Gasteiger partial charge in [-0.2, -0.15) is 0 Å². The summed E-state index contributed by atoms with van der Waals surface area (Å²) in [5.41, 5.74) is 6.18. The summed E-state index contributed by atoms with van der Waals surface area (Å²) in [6.45, 7) is 0.587. The van der Waals surface area contributed by atoms with E-state index in [0.29, 0.717) is 24.4 Å². The molecule has 7 heteroatoms. The molecule has 0 atom stereocenters. The molecule has 0 spiro atoms. The Kier molecular flexibility index (Phi) is 4.49. The molecule has 1 aromatic rings. The van der Waals surface area contributed by atoms with Crippen LogP contribution in [0.1, 0.15) is 6.42 Å². The van der Waals surface area contributed by atoms with Crippen LogP contribution in [0.2, 0.25) is 0 Å². The van der Waals surface area contributed by atoms with Crippen molar-refractivity contribution < 1.29 is 17.9 Å². The topological polar surface area (TPSA) is 89.7 Å². The molecule has 0 bridgehead atoms. The first-order valence-corrected chi connectivity index (χ1v) is 8.25. The molecule has 2 N–H and O–H groups in total. The molecule has 0 unspecified atom stereocenters. The first-order chi connectivity index (χ1) is 9.46. The molecule has 0 aromatic heterocycles. The van der Waals surface area contributed by atoms with E-state index in [-0.39, 0.29) is 30.6 Å². The summed E-state index contributed by atoms with van der Waals surface area (Å²) in [7, 11) is -3.01. The molecule has 6 nitrogen and oxygen atoms in total. The van der Waals surface area contributed by atoms with Crippen LogP contribution in [0.4, 0.5) is 5.69 Å². The zero-order valence-corrected chi connectivity index (χ0v) is 11.9. The fourth-order valence-corrected chi connectivity index (χ4v) is 3.30. The molecule has 0 radical (unpaired) electrons. The maximum atomic E-state index is 12.0. The van der Waals surface area contributed by atoms with Crippen LogP contribution in [0.15, 0.2) is 24.3 Å². The predicted octanol–water partition coefficient (Wildman–Crippen LogP) is 0.295. The summed E-state index contributed by atoms with van der Waals surface area (Å²) in [6.07, 6.45) is 0.479. The number of sulfone groups is 1. The van der Waals surface area contributed by atoms with E-state index in [0.717, 1.165) is 0 Å². The molecule has 1 aromatic carbocycles. The fourth-order valence-electron chi connectivity index (χ4n) is 2.03. The van der Waals surface area contributed by atoms with Crippen LogP contribution in [0, 0.1) is 0 Å². The summed E-state index contributed by atoms with van der Waals surface area (Å²) in [6, 6.07) is 6.83. The van der Waals surface area contributed by atoms with Crippen LogP contribution in [0.5, 0.6) is 5.75 Å². The number of rotatable bonds is 3. The van der Waals surface area contributed by atoms with E-state index in [1.807, 2.05) is 0 Å². The minimum atomic E-state index is -3.01. The zero-order valence-electron chi connectivity index (χ0n) is 11.1. The Balaban J connectivity index is 1.89. The summed E-state index contributed by atoms with van der Waals surface area (Å²) < 4.78 is 28.3. The van der Waals surface area contributed by atoms with Crippen LogP contribution in [0.3, 0.4) is 0 Å². The quantitative estimate of drug-likeness (QED) is 0.810. The number of ether oxygens (including phenoxy) is 1. The van der Waals surface area contributed by atoms with Crippen LogP contribution in [-0.4, -0.2) is 50.4 Å². The Labute approximate surface area is 118 Å². The second-order valence-corrected chi connectivity index (χ2v) is 7.05. The second kappa shape index (κ2) is 6.13. The van der Waals surface area contributed by atoms with Crippen LogP contribution in [0.25, 0.3) is 0 Å². The number of anilines is 1. The van der Waals surface area contributed by atoms with Gasteiger partial charge in [0.1, 0.15) is 5.75 Å². The monoisotopic (exact) mass is 298 g/mol. The van der Waals surface area contributed by atoms with Gasteiger partial charge in [0.25, 0.3) is 5.91 Å². The maximum absolute atomic E-state index is 12.0.